The molecule has 1 N–H and O–H groups in total. The maximum Gasteiger partial charge on any atom is 0.203 e. The number of nitrogens with zero attached hydrogens (tertiary/aromatic N) is 2. The number of nitrogens with one attached hydrogen (secondary N) is 1. The molecule has 0 radical (unpaired) electrons. The van der Waals surface area contributed by atoms with Gasteiger partial charge in [0.25, 0.3) is 0 Å². The molecule has 2 fully saturated rings. The van der Waals surface area contributed by atoms with Crippen molar-refractivity contribution in [1.82, 2.24) is 9.55 Å². The van der Waals surface area contributed by atoms with Crippen LogP contribution in [0.1, 0.15) is 38.3 Å². The lowest BCUT2D eigenvalue weighted by Crippen LogP contribution is -2.31. The molecule has 104 valence electrons. The van der Waals surface area contributed by atoms with E-state index in [-0.39, 0.29) is 0 Å². The second-order valence-electron chi connectivity index (χ2n) is 6.42. The van der Waals surface area contributed by atoms with Crippen molar-refractivity contribution in [3.05, 3.63) is 24.5 Å². The summed E-state index contributed by atoms with van der Waals surface area (Å²) in [5.74, 6) is 3.81. The third-order valence-corrected chi connectivity index (χ3v) is 5.01. The SMILES string of the molecule is C=CCn1cc(C)nc1NC(C)C1CC2CCC1C2. The summed E-state index contributed by atoms with van der Waals surface area (Å²) in [6, 6.07) is 0.528. The Morgan fingerprint density at radius 1 is 1.53 bits per heavy atom. The van der Waals surface area contributed by atoms with Crippen LogP contribution in [-0.4, -0.2) is 15.6 Å². The number of imidazole rings is 1. The average molecular weight is 259 g/mol. The molecule has 3 rings (SSSR count). The largest absolute Gasteiger partial charge is 0.353 e. The third-order valence-electron chi connectivity index (χ3n) is 5.01. The van der Waals surface area contributed by atoms with Crippen molar-refractivity contribution in [2.75, 3.05) is 5.32 Å². The number of allylic oxidation sites excluding steroid dienone is 1. The van der Waals surface area contributed by atoms with Crippen LogP contribution < -0.4 is 5.32 Å². The topological polar surface area (TPSA) is 29.9 Å². The molecule has 1 heterocycles. The van der Waals surface area contributed by atoms with Crippen LogP contribution in [0.5, 0.6) is 0 Å². The summed E-state index contributed by atoms with van der Waals surface area (Å²) in [7, 11) is 0. The Morgan fingerprint density at radius 2 is 2.37 bits per heavy atom. The smallest absolute Gasteiger partial charge is 0.203 e. The first-order valence-corrected chi connectivity index (χ1v) is 7.58. The van der Waals surface area contributed by atoms with Gasteiger partial charge >= 0.3 is 0 Å². The van der Waals surface area contributed by atoms with Gasteiger partial charge in [-0.25, -0.2) is 4.98 Å². The number of aromatic nitrogens is 2. The molecule has 0 spiro atoms. The first-order chi connectivity index (χ1) is 9.17. The van der Waals surface area contributed by atoms with Gasteiger partial charge in [-0.2, -0.15) is 0 Å². The van der Waals surface area contributed by atoms with Crippen LogP contribution in [0.2, 0.25) is 0 Å². The number of rotatable bonds is 5. The van der Waals surface area contributed by atoms with Gasteiger partial charge in [0, 0.05) is 18.8 Å². The van der Waals surface area contributed by atoms with E-state index in [9.17, 15) is 0 Å². The van der Waals surface area contributed by atoms with Gasteiger partial charge in [-0.3, -0.25) is 0 Å². The fourth-order valence-electron chi connectivity index (χ4n) is 4.16. The summed E-state index contributed by atoms with van der Waals surface area (Å²) >= 11 is 0. The van der Waals surface area contributed by atoms with E-state index in [1.54, 1.807) is 0 Å². The molecular formula is C16H25N3. The maximum atomic E-state index is 4.61. The van der Waals surface area contributed by atoms with Gasteiger partial charge in [0.1, 0.15) is 0 Å². The first kappa shape index (κ1) is 12.8. The molecule has 3 nitrogen and oxygen atoms in total. The van der Waals surface area contributed by atoms with Crippen LogP contribution in [0.15, 0.2) is 18.9 Å². The monoisotopic (exact) mass is 259 g/mol. The Kier molecular flexibility index (Phi) is 3.38. The van der Waals surface area contributed by atoms with Crippen molar-refractivity contribution < 1.29 is 0 Å². The normalized spacial score (nSPS) is 30.5. The lowest BCUT2D eigenvalue weighted by Gasteiger charge is -2.29. The van der Waals surface area contributed by atoms with Gasteiger partial charge in [0.2, 0.25) is 5.95 Å². The van der Waals surface area contributed by atoms with Crippen molar-refractivity contribution in [3.8, 4) is 0 Å². The quantitative estimate of drug-likeness (QED) is 0.819. The van der Waals surface area contributed by atoms with Crippen molar-refractivity contribution in [3.63, 3.8) is 0 Å². The molecule has 0 saturated heterocycles. The molecule has 0 aliphatic heterocycles. The Bertz CT molecular complexity index is 463. The molecule has 0 aromatic carbocycles. The molecule has 2 aliphatic rings. The summed E-state index contributed by atoms with van der Waals surface area (Å²) in [4.78, 5) is 4.61. The Morgan fingerprint density at radius 3 is 3.00 bits per heavy atom. The lowest BCUT2D eigenvalue weighted by atomic mass is 9.84. The lowest BCUT2D eigenvalue weighted by molar-refractivity contribution is 0.303. The zero-order chi connectivity index (χ0) is 13.4. The highest BCUT2D eigenvalue weighted by molar-refractivity contribution is 5.31. The number of aryl methyl sites for hydroxylation is 1. The molecule has 2 bridgehead atoms. The third kappa shape index (κ3) is 2.43. The predicted molar refractivity (Wildman–Crippen MR) is 79.2 cm³/mol. The standard InChI is InChI=1S/C16H25N3/c1-4-7-19-10-11(2)17-16(19)18-12(3)15-9-13-5-6-14(15)8-13/h4,10,12-15H,1,5-9H2,2-3H3,(H,17,18). The fourth-order valence-corrected chi connectivity index (χ4v) is 4.16. The van der Waals surface area contributed by atoms with Crippen LogP contribution >= 0.6 is 0 Å². The van der Waals surface area contributed by atoms with Crippen molar-refractivity contribution >= 4 is 5.95 Å². The second-order valence-corrected chi connectivity index (χ2v) is 6.42. The number of hydrogen-bond acceptors (Lipinski definition) is 2. The highest BCUT2D eigenvalue weighted by Crippen LogP contribution is 2.49. The molecule has 3 heteroatoms. The van der Waals surface area contributed by atoms with E-state index in [0.29, 0.717) is 6.04 Å². The summed E-state index contributed by atoms with van der Waals surface area (Å²) < 4.78 is 2.16. The molecule has 4 unspecified atom stereocenters. The molecule has 1 aromatic rings. The second kappa shape index (κ2) is 5.03. The van der Waals surface area contributed by atoms with E-state index in [0.717, 1.165) is 35.9 Å². The van der Waals surface area contributed by atoms with Crippen LogP contribution in [0.4, 0.5) is 5.95 Å². The van der Waals surface area contributed by atoms with E-state index in [4.69, 9.17) is 0 Å². The minimum Gasteiger partial charge on any atom is -0.353 e. The van der Waals surface area contributed by atoms with Gasteiger partial charge < -0.3 is 9.88 Å². The Hall–Kier alpha value is -1.25. The molecule has 1 aromatic heterocycles. The van der Waals surface area contributed by atoms with Crippen LogP contribution in [0.3, 0.4) is 0 Å². The highest BCUT2D eigenvalue weighted by Gasteiger charge is 2.41. The van der Waals surface area contributed by atoms with Crippen LogP contribution in [0.25, 0.3) is 0 Å². The van der Waals surface area contributed by atoms with Gasteiger partial charge in [-0.1, -0.05) is 12.5 Å². The summed E-state index contributed by atoms with van der Waals surface area (Å²) in [5, 5.41) is 3.65. The minimum atomic E-state index is 0.528. The van der Waals surface area contributed by atoms with E-state index >= 15 is 0 Å². The highest BCUT2D eigenvalue weighted by atomic mass is 15.2. The fraction of sp³-hybridized carbons (Fsp3) is 0.688. The first-order valence-electron chi connectivity index (χ1n) is 7.58. The summed E-state index contributed by atoms with van der Waals surface area (Å²) in [6.45, 7) is 9.02. The maximum absolute atomic E-state index is 4.61. The Balaban J connectivity index is 1.69. The van der Waals surface area contributed by atoms with Crippen molar-refractivity contribution in [2.24, 2.45) is 17.8 Å². The minimum absolute atomic E-state index is 0.528. The van der Waals surface area contributed by atoms with E-state index in [2.05, 4.69) is 34.6 Å². The van der Waals surface area contributed by atoms with Crippen molar-refractivity contribution in [1.29, 1.82) is 0 Å². The summed E-state index contributed by atoms with van der Waals surface area (Å²) in [5.41, 5.74) is 1.07. The van der Waals surface area contributed by atoms with Gasteiger partial charge in [-0.05, 0) is 50.9 Å². The van der Waals surface area contributed by atoms with Crippen LogP contribution in [0, 0.1) is 24.7 Å². The van der Waals surface area contributed by atoms with E-state index in [1.807, 2.05) is 13.0 Å². The van der Waals surface area contributed by atoms with Crippen LogP contribution in [-0.2, 0) is 6.54 Å². The van der Waals surface area contributed by atoms with Gasteiger partial charge in [0.05, 0.1) is 5.69 Å². The van der Waals surface area contributed by atoms with E-state index in [1.165, 1.54) is 25.7 Å². The number of anilines is 1. The molecule has 4 atom stereocenters. The molecule has 0 amide bonds. The number of fused-ring (bicyclic) bond motifs is 2. The van der Waals surface area contributed by atoms with Gasteiger partial charge in [-0.15, -0.1) is 6.58 Å². The molecule has 2 aliphatic carbocycles. The number of hydrogen-bond donors (Lipinski definition) is 1. The summed E-state index contributed by atoms with van der Waals surface area (Å²) in [6.07, 6.45) is 9.82. The molecular weight excluding hydrogens is 234 g/mol. The zero-order valence-electron chi connectivity index (χ0n) is 12.1. The molecule has 2 saturated carbocycles. The Labute approximate surface area is 116 Å². The van der Waals surface area contributed by atoms with E-state index < -0.39 is 0 Å². The average Bonchev–Trinajstić information content (AvgIpc) is 3.06. The zero-order valence-corrected chi connectivity index (χ0v) is 12.1. The predicted octanol–water partition coefficient (Wildman–Crippen LogP) is 3.61. The molecule has 19 heavy (non-hydrogen) atoms. The van der Waals surface area contributed by atoms with Crippen molar-refractivity contribution in [2.45, 2.75) is 52.1 Å². The van der Waals surface area contributed by atoms with Gasteiger partial charge in [0.15, 0.2) is 0 Å².